The molecular formula is C22H28N2O3. The molecule has 0 radical (unpaired) electrons. The van der Waals surface area contributed by atoms with Crippen molar-refractivity contribution in [2.24, 2.45) is 0 Å². The zero-order valence-electron chi connectivity index (χ0n) is 16.1. The molecule has 2 heterocycles. The number of hydrogen-bond donors (Lipinski definition) is 1. The maximum atomic E-state index is 12.3. The third-order valence-electron chi connectivity index (χ3n) is 5.36. The van der Waals surface area contributed by atoms with Gasteiger partial charge < -0.3 is 14.6 Å². The number of benzene rings is 1. The van der Waals surface area contributed by atoms with Gasteiger partial charge in [0.15, 0.2) is 0 Å². The lowest BCUT2D eigenvalue weighted by Gasteiger charge is -2.45. The van der Waals surface area contributed by atoms with Gasteiger partial charge in [0.25, 0.3) is 5.56 Å². The van der Waals surface area contributed by atoms with Crippen LogP contribution in [-0.2, 0) is 21.5 Å². The number of pyridine rings is 1. The number of amides is 1. The molecular weight excluding hydrogens is 340 g/mol. The first-order valence-electron chi connectivity index (χ1n) is 9.52. The number of aromatic nitrogens is 1. The van der Waals surface area contributed by atoms with Crippen LogP contribution < -0.4 is 10.9 Å². The summed E-state index contributed by atoms with van der Waals surface area (Å²) >= 11 is 0. The van der Waals surface area contributed by atoms with Crippen molar-refractivity contribution in [3.05, 3.63) is 70.6 Å². The molecule has 1 fully saturated rings. The molecule has 1 aliphatic rings. The summed E-state index contributed by atoms with van der Waals surface area (Å²) in [5.41, 5.74) is 0.935. The number of ether oxygens (including phenoxy) is 1. The van der Waals surface area contributed by atoms with E-state index in [1.807, 2.05) is 6.07 Å². The molecule has 27 heavy (non-hydrogen) atoms. The zero-order chi connectivity index (χ0) is 19.3. The van der Waals surface area contributed by atoms with Crippen molar-refractivity contribution in [1.29, 1.82) is 0 Å². The lowest BCUT2D eigenvalue weighted by Crippen LogP contribution is -2.46. The Morgan fingerprint density at radius 3 is 2.59 bits per heavy atom. The summed E-state index contributed by atoms with van der Waals surface area (Å²) in [4.78, 5) is 24.0. The molecule has 144 valence electrons. The van der Waals surface area contributed by atoms with Crippen LogP contribution in [0.5, 0.6) is 0 Å². The minimum absolute atomic E-state index is 0.0140. The Hall–Kier alpha value is -2.40. The summed E-state index contributed by atoms with van der Waals surface area (Å²) in [5.74, 6) is -0.141. The number of nitrogens with zero attached hydrogens (tertiary/aromatic N) is 1. The van der Waals surface area contributed by atoms with Gasteiger partial charge in [0.05, 0.1) is 5.60 Å². The lowest BCUT2D eigenvalue weighted by molar-refractivity contribution is -0.121. The van der Waals surface area contributed by atoms with Gasteiger partial charge in [0, 0.05) is 30.8 Å². The second-order valence-corrected chi connectivity index (χ2v) is 7.95. The number of carbonyl (C=O) groups is 1. The molecule has 0 bridgehead atoms. The minimum Gasteiger partial charge on any atom is -0.376 e. The largest absolute Gasteiger partial charge is 0.376 e. The second kappa shape index (κ2) is 8.09. The Morgan fingerprint density at radius 2 is 1.89 bits per heavy atom. The van der Waals surface area contributed by atoms with E-state index in [4.69, 9.17) is 4.74 Å². The van der Waals surface area contributed by atoms with E-state index >= 15 is 0 Å². The summed E-state index contributed by atoms with van der Waals surface area (Å²) in [5, 5.41) is 2.99. The fraction of sp³-hybridized carbons (Fsp3) is 0.455. The first kappa shape index (κ1) is 19.4. The number of rotatable bonds is 6. The summed E-state index contributed by atoms with van der Waals surface area (Å²) in [6.45, 7) is 5.60. The molecule has 2 aromatic rings. The highest BCUT2D eigenvalue weighted by Crippen LogP contribution is 2.43. The van der Waals surface area contributed by atoms with Gasteiger partial charge in [-0.15, -0.1) is 0 Å². The van der Waals surface area contributed by atoms with Gasteiger partial charge in [-0.25, -0.2) is 0 Å². The van der Waals surface area contributed by atoms with E-state index in [1.165, 1.54) is 16.2 Å². The SMILES string of the molecule is CC1(C)C[C@](CCNC(=O)Cn2ccccc2=O)(c2ccccc2)CCO1. The van der Waals surface area contributed by atoms with Gasteiger partial charge in [-0.3, -0.25) is 9.59 Å². The van der Waals surface area contributed by atoms with Crippen LogP contribution in [0.25, 0.3) is 0 Å². The molecule has 1 atom stereocenters. The smallest absolute Gasteiger partial charge is 0.250 e. The molecule has 1 aromatic carbocycles. The van der Waals surface area contributed by atoms with Gasteiger partial charge in [-0.1, -0.05) is 36.4 Å². The van der Waals surface area contributed by atoms with E-state index < -0.39 is 0 Å². The van der Waals surface area contributed by atoms with Crippen LogP contribution >= 0.6 is 0 Å². The number of hydrogen-bond acceptors (Lipinski definition) is 3. The van der Waals surface area contributed by atoms with E-state index in [0.29, 0.717) is 6.54 Å². The molecule has 0 aliphatic carbocycles. The van der Waals surface area contributed by atoms with Gasteiger partial charge >= 0.3 is 0 Å². The molecule has 1 aliphatic heterocycles. The molecule has 1 N–H and O–H groups in total. The van der Waals surface area contributed by atoms with Crippen molar-refractivity contribution in [3.8, 4) is 0 Å². The molecule has 1 aromatic heterocycles. The Morgan fingerprint density at radius 1 is 1.15 bits per heavy atom. The maximum Gasteiger partial charge on any atom is 0.250 e. The van der Waals surface area contributed by atoms with Crippen molar-refractivity contribution in [2.45, 2.75) is 50.7 Å². The van der Waals surface area contributed by atoms with Crippen LogP contribution in [0.15, 0.2) is 59.5 Å². The van der Waals surface area contributed by atoms with E-state index in [9.17, 15) is 9.59 Å². The Labute approximate surface area is 160 Å². The average Bonchev–Trinajstić information content (AvgIpc) is 2.63. The monoisotopic (exact) mass is 368 g/mol. The molecule has 0 unspecified atom stereocenters. The van der Waals surface area contributed by atoms with E-state index in [2.05, 4.69) is 43.4 Å². The highest BCUT2D eigenvalue weighted by Gasteiger charge is 2.41. The van der Waals surface area contributed by atoms with Crippen LogP contribution in [-0.4, -0.2) is 29.2 Å². The number of carbonyl (C=O) groups excluding carboxylic acids is 1. The molecule has 1 amide bonds. The summed E-state index contributed by atoms with van der Waals surface area (Å²) in [6.07, 6.45) is 4.33. The highest BCUT2D eigenvalue weighted by molar-refractivity contribution is 5.75. The zero-order valence-corrected chi connectivity index (χ0v) is 16.1. The Balaban J connectivity index is 1.66. The summed E-state index contributed by atoms with van der Waals surface area (Å²) in [6, 6.07) is 15.4. The maximum absolute atomic E-state index is 12.3. The van der Waals surface area contributed by atoms with Crippen molar-refractivity contribution in [2.75, 3.05) is 13.2 Å². The van der Waals surface area contributed by atoms with Crippen molar-refractivity contribution in [1.82, 2.24) is 9.88 Å². The fourth-order valence-corrected chi connectivity index (χ4v) is 4.12. The van der Waals surface area contributed by atoms with Crippen LogP contribution in [0, 0.1) is 0 Å². The molecule has 1 saturated heterocycles. The van der Waals surface area contributed by atoms with Crippen LogP contribution in [0.4, 0.5) is 0 Å². The average molecular weight is 368 g/mol. The van der Waals surface area contributed by atoms with Crippen molar-refractivity contribution >= 4 is 5.91 Å². The Bertz CT molecular complexity index is 829. The van der Waals surface area contributed by atoms with Crippen LogP contribution in [0.3, 0.4) is 0 Å². The van der Waals surface area contributed by atoms with Gasteiger partial charge in [0.1, 0.15) is 6.54 Å². The second-order valence-electron chi connectivity index (χ2n) is 7.95. The minimum atomic E-state index is -0.185. The number of nitrogens with one attached hydrogen (secondary N) is 1. The molecule has 0 saturated carbocycles. The highest BCUT2D eigenvalue weighted by atomic mass is 16.5. The van der Waals surface area contributed by atoms with E-state index in [0.717, 1.165) is 25.9 Å². The molecule has 5 heteroatoms. The standard InChI is InChI=1S/C22H28N2O3/c1-21(2)17-22(12-15-27-21,18-8-4-3-5-9-18)11-13-23-19(25)16-24-14-7-6-10-20(24)26/h3-10,14H,11-13,15-17H2,1-2H3,(H,23,25)/t22-/m1/s1. The third kappa shape index (κ3) is 4.86. The predicted octanol–water partition coefficient (Wildman–Crippen LogP) is 2.88. The first-order valence-corrected chi connectivity index (χ1v) is 9.52. The third-order valence-corrected chi connectivity index (χ3v) is 5.36. The predicted molar refractivity (Wildman–Crippen MR) is 106 cm³/mol. The van der Waals surface area contributed by atoms with Crippen molar-refractivity contribution < 1.29 is 9.53 Å². The quantitative estimate of drug-likeness (QED) is 0.853. The van der Waals surface area contributed by atoms with Crippen LogP contribution in [0.1, 0.15) is 38.7 Å². The molecule has 3 rings (SSSR count). The van der Waals surface area contributed by atoms with Crippen LogP contribution in [0.2, 0.25) is 0 Å². The van der Waals surface area contributed by atoms with Gasteiger partial charge in [0.2, 0.25) is 5.91 Å². The first-order chi connectivity index (χ1) is 12.9. The fourth-order valence-electron chi connectivity index (χ4n) is 4.12. The van der Waals surface area contributed by atoms with Gasteiger partial charge in [-0.05, 0) is 44.7 Å². The molecule has 0 spiro atoms. The summed E-state index contributed by atoms with van der Waals surface area (Å²) < 4.78 is 7.35. The van der Waals surface area contributed by atoms with Crippen molar-refractivity contribution in [3.63, 3.8) is 0 Å². The summed E-state index contributed by atoms with van der Waals surface area (Å²) in [7, 11) is 0. The van der Waals surface area contributed by atoms with E-state index in [1.54, 1.807) is 18.3 Å². The topological polar surface area (TPSA) is 60.3 Å². The Kier molecular flexibility index (Phi) is 5.80. The van der Waals surface area contributed by atoms with E-state index in [-0.39, 0.29) is 29.0 Å². The lowest BCUT2D eigenvalue weighted by atomic mass is 9.67. The van der Waals surface area contributed by atoms with Gasteiger partial charge in [-0.2, -0.15) is 0 Å². The normalized spacial score (nSPS) is 21.6. The molecule has 5 nitrogen and oxygen atoms in total.